The molecule has 1 saturated heterocycles. The van der Waals surface area contributed by atoms with Crippen LogP contribution in [0.3, 0.4) is 0 Å². The third-order valence-electron chi connectivity index (χ3n) is 2.34. The number of nitrogens with two attached hydrogens (primary N) is 1. The van der Waals surface area contributed by atoms with Gasteiger partial charge < -0.3 is 16.0 Å². The predicted octanol–water partition coefficient (Wildman–Crippen LogP) is -0.992. The summed E-state index contributed by atoms with van der Waals surface area (Å²) in [5.41, 5.74) is 5.07. The molecule has 2 heterocycles. The van der Waals surface area contributed by atoms with Gasteiger partial charge in [0, 0.05) is 24.5 Å². The van der Waals surface area contributed by atoms with E-state index in [1.54, 1.807) is 18.5 Å². The van der Waals surface area contributed by atoms with Gasteiger partial charge in [-0.2, -0.15) is 0 Å². The van der Waals surface area contributed by atoms with E-state index >= 15 is 0 Å². The molecule has 6 nitrogen and oxygen atoms in total. The summed E-state index contributed by atoms with van der Waals surface area (Å²) in [6, 6.07) is 1.19. The van der Waals surface area contributed by atoms with Gasteiger partial charge in [-0.1, -0.05) is 0 Å². The summed E-state index contributed by atoms with van der Waals surface area (Å²) in [7, 11) is 0. The second-order valence-corrected chi connectivity index (χ2v) is 3.12. The number of carbonyl (C=O) groups excluding carboxylic acids is 2. The summed E-state index contributed by atoms with van der Waals surface area (Å²) in [5, 5.41) is 4.69. The van der Waals surface area contributed by atoms with Gasteiger partial charge in [0.15, 0.2) is 5.54 Å². The van der Waals surface area contributed by atoms with E-state index in [1.165, 1.54) is 0 Å². The molecule has 74 valence electrons. The molecule has 14 heavy (non-hydrogen) atoms. The lowest BCUT2D eigenvalue weighted by Gasteiger charge is -2.22. The highest BCUT2D eigenvalue weighted by molar-refractivity contribution is 6.07. The lowest BCUT2D eigenvalue weighted by atomic mass is 9.93. The molecule has 1 atom stereocenters. The van der Waals surface area contributed by atoms with Crippen LogP contribution in [0.4, 0.5) is 4.79 Å². The maximum Gasteiger partial charge on any atom is 0.322 e. The highest BCUT2D eigenvalue weighted by Crippen LogP contribution is 2.22. The van der Waals surface area contributed by atoms with Gasteiger partial charge in [0.05, 0.1) is 0 Å². The van der Waals surface area contributed by atoms with Crippen molar-refractivity contribution >= 4 is 11.9 Å². The highest BCUT2D eigenvalue weighted by atomic mass is 16.2. The Hall–Kier alpha value is -1.82. The van der Waals surface area contributed by atoms with Crippen LogP contribution >= 0.6 is 0 Å². The number of hydrogen-bond donors (Lipinski definition) is 4. The first kappa shape index (κ1) is 8.76. The van der Waals surface area contributed by atoms with Crippen LogP contribution in [-0.2, 0) is 10.3 Å². The van der Waals surface area contributed by atoms with E-state index in [1.807, 2.05) is 0 Å². The molecule has 3 amide bonds. The molecule has 1 fully saturated rings. The zero-order valence-corrected chi connectivity index (χ0v) is 7.33. The summed E-state index contributed by atoms with van der Waals surface area (Å²) < 4.78 is 0. The van der Waals surface area contributed by atoms with Crippen molar-refractivity contribution in [1.82, 2.24) is 15.6 Å². The van der Waals surface area contributed by atoms with Crippen molar-refractivity contribution in [3.8, 4) is 0 Å². The van der Waals surface area contributed by atoms with Crippen LogP contribution in [0.25, 0.3) is 0 Å². The van der Waals surface area contributed by atoms with Crippen LogP contribution in [0.2, 0.25) is 0 Å². The lowest BCUT2D eigenvalue weighted by molar-refractivity contribution is -0.123. The highest BCUT2D eigenvalue weighted by Gasteiger charge is 2.46. The molecule has 0 aliphatic carbocycles. The Morgan fingerprint density at radius 2 is 2.21 bits per heavy atom. The number of amides is 3. The number of urea groups is 1. The number of H-pyrrole nitrogens is 1. The molecule has 5 N–H and O–H groups in total. The van der Waals surface area contributed by atoms with Crippen molar-refractivity contribution in [3.63, 3.8) is 0 Å². The van der Waals surface area contributed by atoms with Gasteiger partial charge in [-0.05, 0) is 6.07 Å². The van der Waals surface area contributed by atoms with Gasteiger partial charge in [0.2, 0.25) is 0 Å². The Morgan fingerprint density at radius 3 is 2.64 bits per heavy atom. The fraction of sp³-hybridized carbons (Fsp3) is 0.250. The van der Waals surface area contributed by atoms with Crippen molar-refractivity contribution in [2.24, 2.45) is 5.73 Å². The largest absolute Gasteiger partial charge is 0.367 e. The van der Waals surface area contributed by atoms with Gasteiger partial charge in [-0.15, -0.1) is 0 Å². The summed E-state index contributed by atoms with van der Waals surface area (Å²) in [6.07, 6.45) is 3.31. The van der Waals surface area contributed by atoms with Crippen molar-refractivity contribution in [3.05, 3.63) is 24.0 Å². The second-order valence-electron chi connectivity index (χ2n) is 3.12. The molecule has 0 saturated carbocycles. The maximum absolute atomic E-state index is 11.5. The first-order chi connectivity index (χ1) is 6.69. The van der Waals surface area contributed by atoms with E-state index in [9.17, 15) is 9.59 Å². The van der Waals surface area contributed by atoms with E-state index in [4.69, 9.17) is 5.73 Å². The van der Waals surface area contributed by atoms with E-state index in [0.717, 1.165) is 0 Å². The van der Waals surface area contributed by atoms with Crippen LogP contribution in [0.1, 0.15) is 5.56 Å². The summed E-state index contributed by atoms with van der Waals surface area (Å²) in [6.45, 7) is 0.0302. The van der Waals surface area contributed by atoms with E-state index in [-0.39, 0.29) is 6.54 Å². The molecule has 1 aromatic heterocycles. The Kier molecular flexibility index (Phi) is 1.78. The smallest absolute Gasteiger partial charge is 0.322 e. The fourth-order valence-electron chi connectivity index (χ4n) is 1.55. The van der Waals surface area contributed by atoms with Crippen LogP contribution in [0.5, 0.6) is 0 Å². The molecule has 1 aromatic rings. The predicted molar refractivity (Wildman–Crippen MR) is 48.2 cm³/mol. The van der Waals surface area contributed by atoms with E-state index < -0.39 is 17.5 Å². The lowest BCUT2D eigenvalue weighted by Crippen LogP contribution is -2.49. The zero-order valence-electron chi connectivity index (χ0n) is 7.33. The molecular weight excluding hydrogens is 184 g/mol. The number of rotatable bonds is 2. The SMILES string of the molecule is NCC1(c2cc[nH]c2)NC(=O)NC1=O. The Bertz CT molecular complexity index is 373. The normalized spacial score (nSPS) is 26.1. The van der Waals surface area contributed by atoms with Crippen LogP contribution in [0, 0.1) is 0 Å². The van der Waals surface area contributed by atoms with Crippen molar-refractivity contribution in [1.29, 1.82) is 0 Å². The van der Waals surface area contributed by atoms with E-state index in [0.29, 0.717) is 5.56 Å². The standard InChI is InChI=1S/C8H10N4O2/c9-4-8(5-1-2-10-3-5)6(13)11-7(14)12-8/h1-3,10H,4,9H2,(H2,11,12,13,14). The first-order valence-corrected chi connectivity index (χ1v) is 4.16. The molecule has 1 aliphatic rings. The molecule has 1 unspecified atom stereocenters. The Balaban J connectivity index is 2.45. The van der Waals surface area contributed by atoms with Gasteiger partial charge in [-0.25, -0.2) is 4.79 Å². The Morgan fingerprint density at radius 1 is 1.43 bits per heavy atom. The van der Waals surface area contributed by atoms with Gasteiger partial charge >= 0.3 is 6.03 Å². The molecule has 0 aromatic carbocycles. The maximum atomic E-state index is 11.5. The average molecular weight is 194 g/mol. The van der Waals surface area contributed by atoms with Gasteiger partial charge in [-0.3, -0.25) is 10.1 Å². The Labute approximate surface area is 79.9 Å². The number of hydrogen-bond acceptors (Lipinski definition) is 3. The molecule has 0 bridgehead atoms. The number of nitrogens with one attached hydrogen (secondary N) is 3. The molecule has 2 rings (SSSR count). The third-order valence-corrected chi connectivity index (χ3v) is 2.34. The third kappa shape index (κ3) is 1.01. The summed E-state index contributed by atoms with van der Waals surface area (Å²) >= 11 is 0. The minimum Gasteiger partial charge on any atom is -0.367 e. The average Bonchev–Trinajstić information content (AvgIpc) is 2.73. The van der Waals surface area contributed by atoms with Crippen molar-refractivity contribution in [2.75, 3.05) is 6.54 Å². The molecule has 1 aliphatic heterocycles. The second kappa shape index (κ2) is 2.85. The quantitative estimate of drug-likeness (QED) is 0.455. The molecule has 0 spiro atoms. The van der Waals surface area contributed by atoms with E-state index in [2.05, 4.69) is 15.6 Å². The summed E-state index contributed by atoms with van der Waals surface area (Å²) in [5.74, 6) is -0.412. The molecule has 0 radical (unpaired) electrons. The minimum atomic E-state index is -1.11. The minimum absolute atomic E-state index is 0.0302. The topological polar surface area (TPSA) is 100 Å². The van der Waals surface area contributed by atoms with Gasteiger partial charge in [0.25, 0.3) is 5.91 Å². The fourth-order valence-corrected chi connectivity index (χ4v) is 1.55. The van der Waals surface area contributed by atoms with Gasteiger partial charge in [0.1, 0.15) is 0 Å². The summed E-state index contributed by atoms with van der Waals surface area (Å²) in [4.78, 5) is 25.4. The number of imide groups is 1. The zero-order chi connectivity index (χ0) is 10.2. The van der Waals surface area contributed by atoms with Crippen LogP contribution in [-0.4, -0.2) is 23.5 Å². The monoisotopic (exact) mass is 194 g/mol. The molecule has 6 heteroatoms. The number of aromatic nitrogens is 1. The first-order valence-electron chi connectivity index (χ1n) is 4.16. The van der Waals surface area contributed by atoms with Crippen LogP contribution < -0.4 is 16.4 Å². The van der Waals surface area contributed by atoms with Crippen LogP contribution in [0.15, 0.2) is 18.5 Å². The molecular formula is C8H10N4O2. The van der Waals surface area contributed by atoms with Crippen molar-refractivity contribution < 1.29 is 9.59 Å². The van der Waals surface area contributed by atoms with Crippen molar-refractivity contribution in [2.45, 2.75) is 5.54 Å². The number of carbonyl (C=O) groups is 2. The number of aromatic amines is 1.